The number of anilines is 1. The van der Waals surface area contributed by atoms with E-state index < -0.39 is 18.0 Å². The van der Waals surface area contributed by atoms with Crippen LogP contribution in [0.2, 0.25) is 0 Å². The number of amides is 3. The van der Waals surface area contributed by atoms with E-state index >= 15 is 0 Å². The molecule has 0 saturated heterocycles. The third kappa shape index (κ3) is 6.44. The topological polar surface area (TPSA) is 124 Å². The lowest BCUT2D eigenvalue weighted by Crippen LogP contribution is -2.54. The number of carboxylic acids is 1. The lowest BCUT2D eigenvalue weighted by molar-refractivity contribution is -0.138. The Balaban J connectivity index is 1.42. The van der Waals surface area contributed by atoms with Crippen molar-refractivity contribution < 1.29 is 19.5 Å². The number of rotatable bonds is 8. The van der Waals surface area contributed by atoms with Crippen LogP contribution < -0.4 is 16.2 Å². The minimum atomic E-state index is -0.967. The maximum atomic E-state index is 12.7. The van der Waals surface area contributed by atoms with Crippen LogP contribution >= 0.6 is 0 Å². The summed E-state index contributed by atoms with van der Waals surface area (Å²) in [5, 5.41) is 12.5. The van der Waals surface area contributed by atoms with Crippen molar-refractivity contribution in [3.8, 4) is 0 Å². The molecule has 0 saturated carbocycles. The molecule has 4 N–H and O–H groups in total. The number of carboxylic acid groups (broad SMARTS) is 1. The van der Waals surface area contributed by atoms with Crippen LogP contribution in [-0.4, -0.2) is 45.5 Å². The molecule has 1 aliphatic rings. The third-order valence-electron chi connectivity index (χ3n) is 5.47. The summed E-state index contributed by atoms with van der Waals surface area (Å²) in [6.45, 7) is 2.98. The molecule has 9 heteroatoms. The molecule has 1 unspecified atom stereocenters. The maximum absolute atomic E-state index is 12.7. The number of unbranched alkanes of at least 4 members (excludes halogenated alkanes) is 1. The Kier molecular flexibility index (Phi) is 8.02. The van der Waals surface area contributed by atoms with Gasteiger partial charge in [0.15, 0.2) is 0 Å². The Hall–Kier alpha value is -3.62. The number of fused-ring (bicyclic) bond motifs is 1. The Bertz CT molecular complexity index is 965. The van der Waals surface area contributed by atoms with E-state index in [4.69, 9.17) is 0 Å². The first-order valence-electron chi connectivity index (χ1n) is 10.7. The molecule has 1 aliphatic heterocycles. The van der Waals surface area contributed by atoms with Crippen LogP contribution in [0.3, 0.4) is 0 Å². The van der Waals surface area contributed by atoms with Crippen molar-refractivity contribution in [3.05, 3.63) is 59.3 Å². The highest BCUT2D eigenvalue weighted by molar-refractivity contribution is 5.81. The van der Waals surface area contributed by atoms with Crippen molar-refractivity contribution in [2.24, 2.45) is 0 Å². The number of benzene rings is 1. The van der Waals surface area contributed by atoms with Crippen molar-refractivity contribution in [3.63, 3.8) is 0 Å². The van der Waals surface area contributed by atoms with Gasteiger partial charge in [0.05, 0.1) is 6.42 Å². The van der Waals surface area contributed by atoms with Gasteiger partial charge >= 0.3 is 12.0 Å². The predicted octanol–water partition coefficient (Wildman–Crippen LogP) is 2.61. The molecule has 2 aromatic rings. The Labute approximate surface area is 187 Å². The van der Waals surface area contributed by atoms with Crippen LogP contribution in [0, 0.1) is 6.92 Å². The van der Waals surface area contributed by atoms with E-state index in [1.165, 1.54) is 4.90 Å². The van der Waals surface area contributed by atoms with Gasteiger partial charge in [-0.25, -0.2) is 15.2 Å². The van der Waals surface area contributed by atoms with Gasteiger partial charge < -0.3 is 15.3 Å². The van der Waals surface area contributed by atoms with Crippen molar-refractivity contribution in [2.75, 3.05) is 11.9 Å². The molecule has 3 rings (SSSR count). The number of pyridine rings is 1. The lowest BCUT2D eigenvalue weighted by atomic mass is 9.92. The molecule has 0 aliphatic carbocycles. The first-order chi connectivity index (χ1) is 15.4. The summed E-state index contributed by atoms with van der Waals surface area (Å²) >= 11 is 0. The third-order valence-corrected chi connectivity index (χ3v) is 5.47. The van der Waals surface area contributed by atoms with Crippen LogP contribution in [0.5, 0.6) is 0 Å². The monoisotopic (exact) mass is 439 g/mol. The van der Waals surface area contributed by atoms with E-state index in [0.29, 0.717) is 25.9 Å². The molecule has 0 radical (unpaired) electrons. The fourth-order valence-corrected chi connectivity index (χ4v) is 3.75. The number of hydrogen-bond acceptors (Lipinski definition) is 5. The van der Waals surface area contributed by atoms with Gasteiger partial charge in [-0.05, 0) is 48.9 Å². The lowest BCUT2D eigenvalue weighted by Gasteiger charge is -2.36. The van der Waals surface area contributed by atoms with Gasteiger partial charge in [0.1, 0.15) is 5.82 Å². The summed E-state index contributed by atoms with van der Waals surface area (Å²) < 4.78 is 0. The summed E-state index contributed by atoms with van der Waals surface area (Å²) in [7, 11) is 0. The largest absolute Gasteiger partial charge is 0.481 e. The van der Waals surface area contributed by atoms with Gasteiger partial charge in [-0.15, -0.1) is 0 Å². The van der Waals surface area contributed by atoms with Crippen LogP contribution in [0.4, 0.5) is 10.6 Å². The summed E-state index contributed by atoms with van der Waals surface area (Å²) in [4.78, 5) is 41.8. The van der Waals surface area contributed by atoms with Crippen molar-refractivity contribution in [1.29, 1.82) is 0 Å². The number of urea groups is 1. The number of aromatic nitrogens is 1. The van der Waals surface area contributed by atoms with Gasteiger partial charge in [0.2, 0.25) is 5.91 Å². The minimum Gasteiger partial charge on any atom is -0.481 e. The molecule has 1 aromatic heterocycles. The highest BCUT2D eigenvalue weighted by Crippen LogP contribution is 2.25. The summed E-state index contributed by atoms with van der Waals surface area (Å²) in [6, 6.07) is 10.5. The molecule has 32 heavy (non-hydrogen) atoms. The number of carbonyl (C=O) groups excluding carboxylic acids is 2. The standard InChI is InChI=1S/C23H29N5O4/c1-16-7-6-12-25-22(16)24-11-5-4-10-20(29)26-27-23(32)28-15-18-9-3-2-8-17(18)13-19(28)14-21(30)31/h2-3,6-9,12,19H,4-5,10-11,13-15H2,1H3,(H,24,25)(H,26,29)(H,27,32)(H,30,31). The maximum Gasteiger partial charge on any atom is 0.336 e. The molecular formula is C23H29N5O4. The zero-order valence-corrected chi connectivity index (χ0v) is 18.1. The molecule has 1 aromatic carbocycles. The molecule has 0 bridgehead atoms. The molecule has 2 heterocycles. The van der Waals surface area contributed by atoms with Crippen molar-refractivity contribution in [2.45, 2.75) is 51.6 Å². The molecule has 0 spiro atoms. The summed E-state index contributed by atoms with van der Waals surface area (Å²) in [6.07, 6.45) is 3.74. The van der Waals surface area contributed by atoms with E-state index in [9.17, 15) is 19.5 Å². The predicted molar refractivity (Wildman–Crippen MR) is 120 cm³/mol. The number of hydrazine groups is 1. The average molecular weight is 440 g/mol. The van der Waals surface area contributed by atoms with Crippen LogP contribution in [-0.2, 0) is 22.6 Å². The number of nitrogens with zero attached hydrogens (tertiary/aromatic N) is 2. The average Bonchev–Trinajstić information content (AvgIpc) is 2.77. The van der Waals surface area contributed by atoms with E-state index in [2.05, 4.69) is 21.2 Å². The van der Waals surface area contributed by atoms with E-state index in [1.54, 1.807) is 6.20 Å². The second kappa shape index (κ2) is 11.1. The van der Waals surface area contributed by atoms with Crippen LogP contribution in [0.15, 0.2) is 42.6 Å². The number of aliphatic carboxylic acids is 1. The second-order valence-electron chi connectivity index (χ2n) is 7.88. The first kappa shape index (κ1) is 23.1. The highest BCUT2D eigenvalue weighted by Gasteiger charge is 2.31. The normalized spacial score (nSPS) is 14.9. The number of nitrogens with one attached hydrogen (secondary N) is 3. The van der Waals surface area contributed by atoms with Crippen LogP contribution in [0.1, 0.15) is 42.4 Å². The number of hydrogen-bond donors (Lipinski definition) is 4. The van der Waals surface area contributed by atoms with E-state index in [0.717, 1.165) is 28.9 Å². The molecule has 3 amide bonds. The highest BCUT2D eigenvalue weighted by atomic mass is 16.4. The smallest absolute Gasteiger partial charge is 0.336 e. The van der Waals surface area contributed by atoms with Gasteiger partial charge in [0, 0.05) is 31.7 Å². The quantitative estimate of drug-likeness (QED) is 0.370. The summed E-state index contributed by atoms with van der Waals surface area (Å²) in [5.41, 5.74) is 7.95. The van der Waals surface area contributed by atoms with E-state index in [1.807, 2.05) is 43.3 Å². The number of carbonyl (C=O) groups is 3. The zero-order chi connectivity index (χ0) is 22.9. The first-order valence-corrected chi connectivity index (χ1v) is 10.7. The number of aryl methyl sites for hydroxylation is 1. The Morgan fingerprint density at radius 1 is 1.09 bits per heavy atom. The van der Waals surface area contributed by atoms with E-state index in [-0.39, 0.29) is 18.7 Å². The van der Waals surface area contributed by atoms with Gasteiger partial charge in [-0.1, -0.05) is 30.3 Å². The molecule has 170 valence electrons. The molecular weight excluding hydrogens is 410 g/mol. The van der Waals surface area contributed by atoms with Crippen molar-refractivity contribution in [1.82, 2.24) is 20.7 Å². The van der Waals surface area contributed by atoms with Crippen LogP contribution in [0.25, 0.3) is 0 Å². The van der Waals surface area contributed by atoms with Gasteiger partial charge in [-0.3, -0.25) is 15.0 Å². The SMILES string of the molecule is Cc1cccnc1NCCCCC(=O)NNC(=O)N1Cc2ccccc2CC1CC(=O)O. The molecule has 0 fully saturated rings. The Morgan fingerprint density at radius 2 is 1.88 bits per heavy atom. The minimum absolute atomic E-state index is 0.154. The van der Waals surface area contributed by atoms with Crippen molar-refractivity contribution >= 4 is 23.7 Å². The zero-order valence-electron chi connectivity index (χ0n) is 18.1. The fourth-order valence-electron chi connectivity index (χ4n) is 3.75. The van der Waals surface area contributed by atoms with Gasteiger partial charge in [-0.2, -0.15) is 0 Å². The molecule has 9 nitrogen and oxygen atoms in total. The summed E-state index contributed by atoms with van der Waals surface area (Å²) in [5.74, 6) is -0.423. The van der Waals surface area contributed by atoms with Gasteiger partial charge in [0.25, 0.3) is 0 Å². The second-order valence-corrected chi connectivity index (χ2v) is 7.88. The molecule has 1 atom stereocenters. The Morgan fingerprint density at radius 3 is 2.62 bits per heavy atom. The fraction of sp³-hybridized carbons (Fsp3) is 0.391.